The van der Waals surface area contributed by atoms with Crippen molar-refractivity contribution in [1.29, 1.82) is 0 Å². The first-order chi connectivity index (χ1) is 14.2. The topological polar surface area (TPSA) is 73.7 Å². The number of benzene rings is 1. The summed E-state index contributed by atoms with van der Waals surface area (Å²) in [7, 11) is 1.65. The molecule has 1 amide bonds. The highest BCUT2D eigenvalue weighted by Crippen LogP contribution is 2.25. The third-order valence-corrected chi connectivity index (χ3v) is 5.44. The number of ether oxygens (including phenoxy) is 2. The summed E-state index contributed by atoms with van der Waals surface area (Å²) in [5.74, 6) is 0.477. The summed E-state index contributed by atoms with van der Waals surface area (Å²) in [5, 5.41) is 5.70. The number of likely N-dealkylation sites (tertiary alicyclic amines) is 1. The SMILES string of the molecule is COCCCC(=O)c1ccc2nn(C[C@H]3CCN(C(=O)OC(C)(C)C)C3)cc2c1C. The zero-order valence-electron chi connectivity index (χ0n) is 18.7. The van der Waals surface area contributed by atoms with E-state index in [4.69, 9.17) is 14.6 Å². The average molecular weight is 416 g/mol. The Morgan fingerprint density at radius 2 is 2.03 bits per heavy atom. The number of amides is 1. The van der Waals surface area contributed by atoms with Gasteiger partial charge in [0, 0.05) is 56.9 Å². The second-order valence-electron chi connectivity index (χ2n) is 9.12. The van der Waals surface area contributed by atoms with Crippen LogP contribution in [0, 0.1) is 12.8 Å². The van der Waals surface area contributed by atoms with Gasteiger partial charge in [-0.05, 0) is 64.2 Å². The number of hydrogen-bond acceptors (Lipinski definition) is 5. The van der Waals surface area contributed by atoms with E-state index in [2.05, 4.69) is 0 Å². The Labute approximate surface area is 178 Å². The zero-order valence-corrected chi connectivity index (χ0v) is 18.7. The van der Waals surface area contributed by atoms with Crippen LogP contribution >= 0.6 is 0 Å². The molecule has 0 aliphatic carbocycles. The summed E-state index contributed by atoms with van der Waals surface area (Å²) in [5.41, 5.74) is 2.14. The molecule has 7 heteroatoms. The highest BCUT2D eigenvalue weighted by atomic mass is 16.6. The number of aryl methyl sites for hydroxylation is 1. The summed E-state index contributed by atoms with van der Waals surface area (Å²) >= 11 is 0. The van der Waals surface area contributed by atoms with Crippen molar-refractivity contribution in [3.8, 4) is 0 Å². The minimum absolute atomic E-state index is 0.142. The molecule has 0 spiro atoms. The van der Waals surface area contributed by atoms with Crippen LogP contribution in [0.25, 0.3) is 10.9 Å². The number of nitrogens with zero attached hydrogens (tertiary/aromatic N) is 3. The standard InChI is InChI=1S/C23H33N3O4/c1-16-18(21(27)7-6-12-29-5)8-9-20-19(16)15-26(24-20)14-17-10-11-25(13-17)22(28)30-23(2,3)4/h8-9,15,17H,6-7,10-14H2,1-5H3/t17-/m0/s1. The minimum atomic E-state index is -0.481. The predicted molar refractivity (Wildman–Crippen MR) is 116 cm³/mol. The van der Waals surface area contributed by atoms with Crippen molar-refractivity contribution in [3.05, 3.63) is 29.5 Å². The molecule has 0 bridgehead atoms. The molecule has 2 heterocycles. The van der Waals surface area contributed by atoms with Gasteiger partial charge in [0.2, 0.25) is 0 Å². The van der Waals surface area contributed by atoms with Crippen LogP contribution in [-0.2, 0) is 16.0 Å². The number of fused-ring (bicyclic) bond motifs is 1. The number of carbonyl (C=O) groups excluding carboxylic acids is 2. The van der Waals surface area contributed by atoms with Gasteiger partial charge in [-0.3, -0.25) is 9.48 Å². The lowest BCUT2D eigenvalue weighted by Crippen LogP contribution is -2.35. The number of methoxy groups -OCH3 is 1. The molecule has 1 fully saturated rings. The molecule has 164 valence electrons. The summed E-state index contributed by atoms with van der Waals surface area (Å²) < 4.78 is 12.5. The van der Waals surface area contributed by atoms with Crippen molar-refractivity contribution in [3.63, 3.8) is 0 Å². The maximum absolute atomic E-state index is 12.5. The number of aromatic nitrogens is 2. The van der Waals surface area contributed by atoms with Crippen LogP contribution in [0.5, 0.6) is 0 Å². The summed E-state index contributed by atoms with van der Waals surface area (Å²) in [6, 6.07) is 3.80. The van der Waals surface area contributed by atoms with Gasteiger partial charge in [0.25, 0.3) is 0 Å². The fourth-order valence-electron chi connectivity index (χ4n) is 3.93. The maximum atomic E-state index is 12.5. The van der Waals surface area contributed by atoms with E-state index in [0.717, 1.165) is 41.4 Å². The van der Waals surface area contributed by atoms with E-state index in [1.165, 1.54) is 0 Å². The van der Waals surface area contributed by atoms with Crippen molar-refractivity contribution in [2.75, 3.05) is 26.8 Å². The number of carbonyl (C=O) groups is 2. The van der Waals surface area contributed by atoms with Crippen LogP contribution in [0.4, 0.5) is 4.79 Å². The highest BCUT2D eigenvalue weighted by Gasteiger charge is 2.30. The van der Waals surface area contributed by atoms with Gasteiger partial charge in [0.05, 0.1) is 5.52 Å². The normalized spacial score (nSPS) is 17.0. The first-order valence-electron chi connectivity index (χ1n) is 10.6. The van der Waals surface area contributed by atoms with E-state index in [-0.39, 0.29) is 11.9 Å². The first-order valence-corrected chi connectivity index (χ1v) is 10.6. The van der Waals surface area contributed by atoms with Crippen LogP contribution in [0.15, 0.2) is 18.3 Å². The van der Waals surface area contributed by atoms with Crippen LogP contribution < -0.4 is 0 Å². The molecule has 30 heavy (non-hydrogen) atoms. The lowest BCUT2D eigenvalue weighted by Gasteiger charge is -2.24. The Morgan fingerprint density at radius 3 is 2.73 bits per heavy atom. The summed E-state index contributed by atoms with van der Waals surface area (Å²) in [6.45, 7) is 10.3. The molecule has 3 rings (SSSR count). The zero-order chi connectivity index (χ0) is 21.9. The Kier molecular flexibility index (Phi) is 6.81. The molecule has 1 atom stereocenters. The monoisotopic (exact) mass is 415 g/mol. The predicted octanol–water partition coefficient (Wildman–Crippen LogP) is 4.21. The molecule has 0 N–H and O–H groups in total. The number of ketones is 1. The van der Waals surface area contributed by atoms with Gasteiger partial charge in [-0.2, -0.15) is 5.10 Å². The third kappa shape index (κ3) is 5.39. The molecule has 0 radical (unpaired) electrons. The van der Waals surface area contributed by atoms with Gasteiger partial charge in [-0.15, -0.1) is 0 Å². The van der Waals surface area contributed by atoms with Crippen molar-refractivity contribution < 1.29 is 19.1 Å². The largest absolute Gasteiger partial charge is 0.444 e. The molecular formula is C23H33N3O4. The Bertz CT molecular complexity index is 913. The molecule has 1 aromatic heterocycles. The van der Waals surface area contributed by atoms with Crippen LogP contribution in [0.3, 0.4) is 0 Å². The molecule has 2 aromatic rings. The van der Waals surface area contributed by atoms with Crippen LogP contribution in [-0.4, -0.2) is 59.0 Å². The van der Waals surface area contributed by atoms with Gasteiger partial charge in [0.1, 0.15) is 5.60 Å². The average Bonchev–Trinajstić information content (AvgIpc) is 3.28. The fraction of sp³-hybridized carbons (Fsp3) is 0.609. The fourth-order valence-corrected chi connectivity index (χ4v) is 3.93. The van der Waals surface area contributed by atoms with Gasteiger partial charge >= 0.3 is 6.09 Å². The second kappa shape index (κ2) is 9.16. The molecule has 1 aromatic carbocycles. The van der Waals surface area contributed by atoms with Gasteiger partial charge in [0.15, 0.2) is 5.78 Å². The van der Waals surface area contributed by atoms with Gasteiger partial charge in [-0.25, -0.2) is 4.79 Å². The Morgan fingerprint density at radius 1 is 1.27 bits per heavy atom. The molecule has 0 saturated carbocycles. The third-order valence-electron chi connectivity index (χ3n) is 5.44. The van der Waals surface area contributed by atoms with E-state index < -0.39 is 5.60 Å². The molecule has 1 aliphatic rings. The number of Topliss-reactive ketones (excluding diaryl/α,β-unsaturated/α-hetero) is 1. The highest BCUT2D eigenvalue weighted by molar-refractivity contribution is 6.01. The molecule has 7 nitrogen and oxygen atoms in total. The quantitative estimate of drug-likeness (QED) is 0.500. The molecular weight excluding hydrogens is 382 g/mol. The van der Waals surface area contributed by atoms with E-state index in [9.17, 15) is 9.59 Å². The van der Waals surface area contributed by atoms with E-state index in [1.54, 1.807) is 12.0 Å². The van der Waals surface area contributed by atoms with E-state index in [1.807, 2.05) is 50.7 Å². The van der Waals surface area contributed by atoms with Crippen molar-refractivity contribution in [2.24, 2.45) is 5.92 Å². The summed E-state index contributed by atoms with van der Waals surface area (Å²) in [6.07, 6.45) is 3.91. The lowest BCUT2D eigenvalue weighted by atomic mass is 9.99. The lowest BCUT2D eigenvalue weighted by molar-refractivity contribution is 0.0286. The maximum Gasteiger partial charge on any atom is 0.410 e. The van der Waals surface area contributed by atoms with Crippen molar-refractivity contribution in [2.45, 2.75) is 59.1 Å². The summed E-state index contributed by atoms with van der Waals surface area (Å²) in [4.78, 5) is 26.6. The van der Waals surface area contributed by atoms with E-state index in [0.29, 0.717) is 32.0 Å². The smallest absolute Gasteiger partial charge is 0.410 e. The Hall–Kier alpha value is -2.41. The minimum Gasteiger partial charge on any atom is -0.444 e. The molecule has 1 aliphatic heterocycles. The second-order valence-corrected chi connectivity index (χ2v) is 9.12. The van der Waals surface area contributed by atoms with E-state index >= 15 is 0 Å². The number of hydrogen-bond donors (Lipinski definition) is 0. The molecule has 1 saturated heterocycles. The Balaban J connectivity index is 1.66. The van der Waals surface area contributed by atoms with Gasteiger partial charge < -0.3 is 14.4 Å². The van der Waals surface area contributed by atoms with Crippen molar-refractivity contribution >= 4 is 22.8 Å². The first kappa shape index (κ1) is 22.3. The molecule has 0 unspecified atom stereocenters. The van der Waals surface area contributed by atoms with Crippen LogP contribution in [0.1, 0.15) is 56.0 Å². The van der Waals surface area contributed by atoms with Crippen LogP contribution in [0.2, 0.25) is 0 Å². The number of rotatable bonds is 7. The van der Waals surface area contributed by atoms with Gasteiger partial charge in [-0.1, -0.05) is 0 Å². The van der Waals surface area contributed by atoms with Crippen molar-refractivity contribution in [1.82, 2.24) is 14.7 Å².